The minimum atomic E-state index is -0.396. The quantitative estimate of drug-likeness (QED) is 0.764. The standard InChI is InChI=1S/C11H8N4O/c1-7-4-13-6-10(15-7)9-2-8(3-12)11(16)14-5-9/h2,4-6H,1H3,(H,14,16). The summed E-state index contributed by atoms with van der Waals surface area (Å²) in [6.45, 7) is 1.83. The van der Waals surface area contributed by atoms with E-state index in [0.717, 1.165) is 5.69 Å². The van der Waals surface area contributed by atoms with Crippen LogP contribution in [0.4, 0.5) is 0 Å². The molecule has 1 N–H and O–H groups in total. The van der Waals surface area contributed by atoms with Gasteiger partial charge in [-0.05, 0) is 13.0 Å². The number of pyridine rings is 1. The first-order valence-corrected chi connectivity index (χ1v) is 4.62. The Balaban J connectivity index is 2.58. The van der Waals surface area contributed by atoms with Gasteiger partial charge in [0.05, 0.1) is 17.6 Å². The number of aryl methyl sites for hydroxylation is 1. The zero-order valence-corrected chi connectivity index (χ0v) is 8.56. The molecule has 0 aliphatic heterocycles. The van der Waals surface area contributed by atoms with Crippen LogP contribution in [0.5, 0.6) is 0 Å². The second kappa shape index (κ2) is 3.95. The van der Waals surface area contributed by atoms with E-state index in [1.807, 2.05) is 13.0 Å². The fourth-order valence-corrected chi connectivity index (χ4v) is 1.32. The Hall–Kier alpha value is -2.48. The topological polar surface area (TPSA) is 82.4 Å². The van der Waals surface area contributed by atoms with Crippen molar-refractivity contribution in [2.75, 3.05) is 0 Å². The van der Waals surface area contributed by atoms with Gasteiger partial charge in [0.25, 0.3) is 5.56 Å². The van der Waals surface area contributed by atoms with Crippen LogP contribution in [0.15, 0.2) is 29.5 Å². The van der Waals surface area contributed by atoms with E-state index in [-0.39, 0.29) is 5.56 Å². The molecule has 16 heavy (non-hydrogen) atoms. The maximum Gasteiger partial charge on any atom is 0.265 e. The molecule has 0 aromatic carbocycles. The lowest BCUT2D eigenvalue weighted by Crippen LogP contribution is -2.09. The maximum atomic E-state index is 11.2. The minimum absolute atomic E-state index is 0.0702. The molecule has 5 heteroatoms. The molecule has 0 radical (unpaired) electrons. The van der Waals surface area contributed by atoms with Gasteiger partial charge in [0.15, 0.2) is 0 Å². The second-order valence-electron chi connectivity index (χ2n) is 3.29. The molecule has 2 aromatic heterocycles. The van der Waals surface area contributed by atoms with E-state index in [4.69, 9.17) is 5.26 Å². The van der Waals surface area contributed by atoms with E-state index in [2.05, 4.69) is 15.0 Å². The van der Waals surface area contributed by atoms with Crippen molar-refractivity contribution in [3.63, 3.8) is 0 Å². The Morgan fingerprint density at radius 3 is 2.94 bits per heavy atom. The van der Waals surface area contributed by atoms with Crippen LogP contribution in [-0.2, 0) is 0 Å². The van der Waals surface area contributed by atoms with Gasteiger partial charge in [-0.25, -0.2) is 4.98 Å². The predicted octanol–water partition coefficient (Wildman–Crippen LogP) is 1.01. The van der Waals surface area contributed by atoms with E-state index >= 15 is 0 Å². The maximum absolute atomic E-state index is 11.2. The fraction of sp³-hybridized carbons (Fsp3) is 0.0909. The summed E-state index contributed by atoms with van der Waals surface area (Å²) in [7, 11) is 0. The first-order valence-electron chi connectivity index (χ1n) is 4.62. The van der Waals surface area contributed by atoms with Crippen molar-refractivity contribution < 1.29 is 0 Å². The summed E-state index contributed by atoms with van der Waals surface area (Å²) in [5.74, 6) is 0. The molecular weight excluding hydrogens is 204 g/mol. The molecule has 2 heterocycles. The average molecular weight is 212 g/mol. The van der Waals surface area contributed by atoms with Crippen molar-refractivity contribution in [3.05, 3.63) is 46.3 Å². The van der Waals surface area contributed by atoms with Gasteiger partial charge >= 0.3 is 0 Å². The number of aromatic nitrogens is 3. The third kappa shape index (κ3) is 1.81. The molecule has 0 saturated carbocycles. The third-order valence-electron chi connectivity index (χ3n) is 2.07. The zero-order chi connectivity index (χ0) is 11.5. The molecule has 0 saturated heterocycles. The Kier molecular flexibility index (Phi) is 2.48. The Bertz CT molecular complexity index is 624. The monoisotopic (exact) mass is 212 g/mol. The lowest BCUT2D eigenvalue weighted by molar-refractivity contribution is 1.11. The summed E-state index contributed by atoms with van der Waals surface area (Å²) in [6.07, 6.45) is 4.74. The van der Waals surface area contributed by atoms with E-state index in [0.29, 0.717) is 11.3 Å². The summed E-state index contributed by atoms with van der Waals surface area (Å²) in [5, 5.41) is 8.74. The zero-order valence-electron chi connectivity index (χ0n) is 8.56. The van der Waals surface area contributed by atoms with Gasteiger partial charge in [0, 0.05) is 18.0 Å². The summed E-state index contributed by atoms with van der Waals surface area (Å²) in [4.78, 5) is 21.9. The van der Waals surface area contributed by atoms with Crippen molar-refractivity contribution in [3.8, 4) is 17.3 Å². The number of aromatic amines is 1. The second-order valence-corrected chi connectivity index (χ2v) is 3.29. The third-order valence-corrected chi connectivity index (χ3v) is 2.07. The number of H-pyrrole nitrogens is 1. The Labute approximate surface area is 91.4 Å². The molecule has 78 valence electrons. The summed E-state index contributed by atoms with van der Waals surface area (Å²) < 4.78 is 0. The van der Waals surface area contributed by atoms with Crippen molar-refractivity contribution in [2.45, 2.75) is 6.92 Å². The number of rotatable bonds is 1. The largest absolute Gasteiger partial charge is 0.327 e. The molecule has 5 nitrogen and oxygen atoms in total. The van der Waals surface area contributed by atoms with Crippen LogP contribution in [0, 0.1) is 18.3 Å². The van der Waals surface area contributed by atoms with Crippen LogP contribution in [0.3, 0.4) is 0 Å². The number of nitrogens with zero attached hydrogens (tertiary/aromatic N) is 3. The van der Waals surface area contributed by atoms with Crippen molar-refractivity contribution >= 4 is 0 Å². The molecule has 0 fully saturated rings. The van der Waals surface area contributed by atoms with Gasteiger partial charge in [0.2, 0.25) is 0 Å². The molecular formula is C11H8N4O. The number of hydrogen-bond acceptors (Lipinski definition) is 4. The lowest BCUT2D eigenvalue weighted by Gasteiger charge is -2.00. The summed E-state index contributed by atoms with van der Waals surface area (Å²) >= 11 is 0. The highest BCUT2D eigenvalue weighted by Crippen LogP contribution is 2.14. The Morgan fingerprint density at radius 2 is 2.25 bits per heavy atom. The van der Waals surface area contributed by atoms with Crippen LogP contribution >= 0.6 is 0 Å². The van der Waals surface area contributed by atoms with Crippen molar-refractivity contribution in [2.24, 2.45) is 0 Å². The van der Waals surface area contributed by atoms with Gasteiger partial charge in [-0.2, -0.15) is 5.26 Å². The minimum Gasteiger partial charge on any atom is -0.327 e. The molecule has 0 amide bonds. The molecule has 0 spiro atoms. The van der Waals surface area contributed by atoms with Crippen LogP contribution < -0.4 is 5.56 Å². The van der Waals surface area contributed by atoms with Crippen LogP contribution in [0.25, 0.3) is 11.3 Å². The molecule has 2 aromatic rings. The van der Waals surface area contributed by atoms with Crippen molar-refractivity contribution in [1.82, 2.24) is 15.0 Å². The van der Waals surface area contributed by atoms with E-state index < -0.39 is 5.56 Å². The lowest BCUT2D eigenvalue weighted by atomic mass is 10.1. The fourth-order valence-electron chi connectivity index (χ4n) is 1.32. The van der Waals surface area contributed by atoms with Gasteiger partial charge in [-0.15, -0.1) is 0 Å². The first-order chi connectivity index (χ1) is 7.70. The highest BCUT2D eigenvalue weighted by atomic mass is 16.1. The highest BCUT2D eigenvalue weighted by molar-refractivity contribution is 5.58. The van der Waals surface area contributed by atoms with E-state index in [1.165, 1.54) is 12.3 Å². The first kappa shape index (κ1) is 10.1. The Morgan fingerprint density at radius 1 is 1.44 bits per heavy atom. The normalized spacial score (nSPS) is 9.75. The van der Waals surface area contributed by atoms with Gasteiger partial charge < -0.3 is 4.98 Å². The molecule has 0 aliphatic carbocycles. The highest BCUT2D eigenvalue weighted by Gasteiger charge is 2.04. The molecule has 0 bridgehead atoms. The van der Waals surface area contributed by atoms with Crippen LogP contribution in [-0.4, -0.2) is 15.0 Å². The van der Waals surface area contributed by atoms with Crippen LogP contribution in [0.2, 0.25) is 0 Å². The van der Waals surface area contributed by atoms with Crippen LogP contribution in [0.1, 0.15) is 11.3 Å². The van der Waals surface area contributed by atoms with Crippen molar-refractivity contribution in [1.29, 1.82) is 5.26 Å². The van der Waals surface area contributed by atoms with Gasteiger partial charge in [-0.1, -0.05) is 0 Å². The van der Waals surface area contributed by atoms with E-state index in [1.54, 1.807) is 12.4 Å². The summed E-state index contributed by atoms with van der Waals surface area (Å²) in [6, 6.07) is 3.33. The molecule has 0 aliphatic rings. The number of nitriles is 1. The van der Waals surface area contributed by atoms with E-state index in [9.17, 15) is 4.79 Å². The molecule has 0 atom stereocenters. The van der Waals surface area contributed by atoms with Gasteiger partial charge in [0.1, 0.15) is 11.6 Å². The molecule has 0 unspecified atom stereocenters. The SMILES string of the molecule is Cc1cncc(-c2c[nH]c(=O)c(C#N)c2)n1. The summed E-state index contributed by atoms with van der Waals surface area (Å²) in [5.41, 5.74) is 1.76. The number of nitrogens with one attached hydrogen (secondary N) is 1. The average Bonchev–Trinajstić information content (AvgIpc) is 2.29. The number of hydrogen-bond donors (Lipinski definition) is 1. The predicted molar refractivity (Wildman–Crippen MR) is 57.5 cm³/mol. The smallest absolute Gasteiger partial charge is 0.265 e. The molecule has 2 rings (SSSR count). The van der Waals surface area contributed by atoms with Gasteiger partial charge in [-0.3, -0.25) is 9.78 Å².